The third kappa shape index (κ3) is 4.79. The summed E-state index contributed by atoms with van der Waals surface area (Å²) in [5.41, 5.74) is 9.85. The second kappa shape index (κ2) is 10.2. The molecule has 8 nitrogen and oxygen atoms in total. The second-order valence-electron chi connectivity index (χ2n) is 8.61. The standard InChI is InChI=1S/C24H32N6O2/c1-16(29-21-3-7-27-8-4-21)22(13-26)19-11-23(24-20(12-25)14-28-30(24)15-19)32-17(2)18-5-9-31-10-6-18/h11,13-15,17-18,21,27H,3-10,26H2,1-2H3/b22-13+,29-16?. The van der Waals surface area contributed by atoms with Gasteiger partial charge >= 0.3 is 0 Å². The molecule has 1 unspecified atom stereocenters. The van der Waals surface area contributed by atoms with Gasteiger partial charge in [0, 0.05) is 42.5 Å². The lowest BCUT2D eigenvalue weighted by molar-refractivity contribution is 0.0242. The van der Waals surface area contributed by atoms with Crippen LogP contribution in [0.25, 0.3) is 11.1 Å². The molecule has 2 aromatic heterocycles. The molecular formula is C24H32N6O2. The molecule has 0 bridgehead atoms. The Balaban J connectivity index is 1.68. The number of ether oxygens (including phenoxy) is 2. The molecule has 2 aromatic rings. The maximum absolute atomic E-state index is 9.60. The number of hydrogen-bond donors (Lipinski definition) is 2. The van der Waals surface area contributed by atoms with Crippen molar-refractivity contribution in [3.05, 3.63) is 35.8 Å². The van der Waals surface area contributed by atoms with Crippen molar-refractivity contribution < 1.29 is 9.47 Å². The van der Waals surface area contributed by atoms with Crippen LogP contribution in [0.5, 0.6) is 5.75 Å². The molecular weight excluding hydrogens is 404 g/mol. The van der Waals surface area contributed by atoms with E-state index in [0.29, 0.717) is 28.8 Å². The lowest BCUT2D eigenvalue weighted by Crippen LogP contribution is -2.30. The lowest BCUT2D eigenvalue weighted by atomic mass is 9.95. The molecule has 0 spiro atoms. The molecule has 2 aliphatic rings. The normalized spacial score (nSPS) is 20.3. The Bertz CT molecular complexity index is 1040. The van der Waals surface area contributed by atoms with E-state index in [2.05, 4.69) is 23.4 Å². The minimum absolute atomic E-state index is 0.00537. The summed E-state index contributed by atoms with van der Waals surface area (Å²) in [4.78, 5) is 4.94. The Morgan fingerprint density at radius 2 is 2.12 bits per heavy atom. The lowest BCUT2D eigenvalue weighted by Gasteiger charge is -2.28. The van der Waals surface area contributed by atoms with Crippen molar-refractivity contribution in [2.75, 3.05) is 26.3 Å². The maximum atomic E-state index is 9.60. The number of nitrogens with one attached hydrogen (secondary N) is 1. The predicted molar refractivity (Wildman–Crippen MR) is 125 cm³/mol. The van der Waals surface area contributed by atoms with E-state index in [1.807, 2.05) is 19.2 Å². The van der Waals surface area contributed by atoms with E-state index in [1.54, 1.807) is 16.9 Å². The van der Waals surface area contributed by atoms with Gasteiger partial charge in [0.2, 0.25) is 0 Å². The molecule has 0 saturated carbocycles. The fourth-order valence-corrected chi connectivity index (χ4v) is 4.59. The van der Waals surface area contributed by atoms with Gasteiger partial charge in [-0.15, -0.1) is 0 Å². The Morgan fingerprint density at radius 1 is 1.38 bits per heavy atom. The van der Waals surface area contributed by atoms with Crippen LogP contribution in [0, 0.1) is 17.2 Å². The molecule has 0 amide bonds. The van der Waals surface area contributed by atoms with E-state index in [0.717, 1.165) is 68.8 Å². The molecule has 170 valence electrons. The van der Waals surface area contributed by atoms with Crippen LogP contribution in [-0.2, 0) is 4.74 Å². The predicted octanol–water partition coefficient (Wildman–Crippen LogP) is 2.91. The monoisotopic (exact) mass is 436 g/mol. The number of aliphatic imine (C=N–C) groups is 1. The van der Waals surface area contributed by atoms with E-state index in [4.69, 9.17) is 20.2 Å². The minimum Gasteiger partial charge on any atom is -0.488 e. The van der Waals surface area contributed by atoms with Crippen molar-refractivity contribution in [3.8, 4) is 11.8 Å². The van der Waals surface area contributed by atoms with Gasteiger partial charge in [-0.2, -0.15) is 10.4 Å². The number of allylic oxidation sites excluding steroid dienone is 1. The summed E-state index contributed by atoms with van der Waals surface area (Å²) in [6.07, 6.45) is 9.05. The average Bonchev–Trinajstić information content (AvgIpc) is 3.24. The van der Waals surface area contributed by atoms with Crippen molar-refractivity contribution in [2.24, 2.45) is 16.6 Å². The molecule has 0 radical (unpaired) electrons. The summed E-state index contributed by atoms with van der Waals surface area (Å²) in [6, 6.07) is 4.50. The van der Waals surface area contributed by atoms with Crippen LogP contribution in [0.2, 0.25) is 0 Å². The molecule has 0 aliphatic carbocycles. The highest BCUT2D eigenvalue weighted by atomic mass is 16.5. The highest BCUT2D eigenvalue weighted by Crippen LogP contribution is 2.31. The van der Waals surface area contributed by atoms with E-state index >= 15 is 0 Å². The highest BCUT2D eigenvalue weighted by molar-refractivity contribution is 6.22. The molecule has 4 heterocycles. The van der Waals surface area contributed by atoms with E-state index < -0.39 is 0 Å². The summed E-state index contributed by atoms with van der Waals surface area (Å²) >= 11 is 0. The van der Waals surface area contributed by atoms with Gasteiger partial charge in [-0.3, -0.25) is 4.99 Å². The van der Waals surface area contributed by atoms with Gasteiger partial charge in [-0.25, -0.2) is 4.52 Å². The number of nitrogens with two attached hydrogens (primary N) is 1. The topological polar surface area (TPSA) is 110 Å². The molecule has 2 fully saturated rings. The van der Waals surface area contributed by atoms with E-state index in [1.165, 1.54) is 0 Å². The zero-order chi connectivity index (χ0) is 22.5. The Labute approximate surface area is 189 Å². The molecule has 2 aliphatic heterocycles. The van der Waals surface area contributed by atoms with Crippen LogP contribution in [0.4, 0.5) is 0 Å². The van der Waals surface area contributed by atoms with Crippen LogP contribution in [0.1, 0.15) is 50.7 Å². The molecule has 4 rings (SSSR count). The summed E-state index contributed by atoms with van der Waals surface area (Å²) in [6.45, 7) is 7.58. The number of fused-ring (bicyclic) bond motifs is 1. The van der Waals surface area contributed by atoms with Gasteiger partial charge in [0.25, 0.3) is 0 Å². The Morgan fingerprint density at radius 3 is 2.81 bits per heavy atom. The van der Waals surface area contributed by atoms with Crippen LogP contribution in [0.3, 0.4) is 0 Å². The molecule has 2 saturated heterocycles. The number of nitrogens with zero attached hydrogens (tertiary/aromatic N) is 4. The van der Waals surface area contributed by atoms with Crippen molar-refractivity contribution >= 4 is 16.8 Å². The average molecular weight is 437 g/mol. The maximum Gasteiger partial charge on any atom is 0.147 e. The fraction of sp³-hybridized carbons (Fsp3) is 0.542. The van der Waals surface area contributed by atoms with Gasteiger partial charge in [-0.1, -0.05) is 0 Å². The van der Waals surface area contributed by atoms with Crippen molar-refractivity contribution in [1.29, 1.82) is 5.26 Å². The van der Waals surface area contributed by atoms with Crippen LogP contribution in [-0.4, -0.2) is 53.8 Å². The summed E-state index contributed by atoms with van der Waals surface area (Å²) in [5.74, 6) is 1.05. The Hall–Kier alpha value is -2.89. The van der Waals surface area contributed by atoms with Crippen LogP contribution >= 0.6 is 0 Å². The third-order valence-electron chi connectivity index (χ3n) is 6.49. The smallest absolute Gasteiger partial charge is 0.147 e. The first-order chi connectivity index (χ1) is 15.6. The summed E-state index contributed by atoms with van der Waals surface area (Å²) in [5, 5.41) is 17.4. The molecule has 8 heteroatoms. The number of aromatic nitrogens is 2. The van der Waals surface area contributed by atoms with Gasteiger partial charge < -0.3 is 20.5 Å². The number of hydrogen-bond acceptors (Lipinski definition) is 7. The second-order valence-corrected chi connectivity index (χ2v) is 8.61. The number of rotatable bonds is 6. The van der Waals surface area contributed by atoms with E-state index in [-0.39, 0.29) is 6.10 Å². The van der Waals surface area contributed by atoms with Crippen molar-refractivity contribution in [2.45, 2.75) is 51.7 Å². The fourth-order valence-electron chi connectivity index (χ4n) is 4.59. The van der Waals surface area contributed by atoms with E-state index in [9.17, 15) is 5.26 Å². The number of pyridine rings is 1. The SMILES string of the molecule is CC(=NC1CCNCC1)/C(=C\N)c1cc(OC(C)C2CCOCC2)c2c(C#N)cnn2c1. The molecule has 0 aromatic carbocycles. The largest absolute Gasteiger partial charge is 0.488 e. The summed E-state index contributed by atoms with van der Waals surface area (Å²) < 4.78 is 13.7. The third-order valence-corrected chi connectivity index (χ3v) is 6.49. The quantitative estimate of drug-likeness (QED) is 0.674. The van der Waals surface area contributed by atoms with Crippen LogP contribution in [0.15, 0.2) is 29.7 Å². The first-order valence-electron chi connectivity index (χ1n) is 11.4. The zero-order valence-corrected chi connectivity index (χ0v) is 18.9. The summed E-state index contributed by atoms with van der Waals surface area (Å²) in [7, 11) is 0. The van der Waals surface area contributed by atoms with Crippen LogP contribution < -0.4 is 15.8 Å². The van der Waals surface area contributed by atoms with Crippen molar-refractivity contribution in [3.63, 3.8) is 0 Å². The molecule has 3 N–H and O–H groups in total. The first-order valence-corrected chi connectivity index (χ1v) is 11.4. The van der Waals surface area contributed by atoms with Gasteiger partial charge in [0.05, 0.1) is 18.3 Å². The number of piperidine rings is 1. The van der Waals surface area contributed by atoms with Gasteiger partial charge in [0.1, 0.15) is 22.9 Å². The Kier molecular flexibility index (Phi) is 7.08. The molecule has 1 atom stereocenters. The zero-order valence-electron chi connectivity index (χ0n) is 18.9. The minimum atomic E-state index is -0.00537. The number of nitriles is 1. The highest BCUT2D eigenvalue weighted by Gasteiger charge is 2.24. The van der Waals surface area contributed by atoms with Gasteiger partial charge in [0.15, 0.2) is 0 Å². The van der Waals surface area contributed by atoms with Crippen molar-refractivity contribution in [1.82, 2.24) is 14.9 Å². The van der Waals surface area contributed by atoms with Gasteiger partial charge in [-0.05, 0) is 64.6 Å². The molecule has 32 heavy (non-hydrogen) atoms. The first kappa shape index (κ1) is 22.3.